The van der Waals surface area contributed by atoms with Crippen LogP contribution in [0.15, 0.2) is 48.5 Å². The molecule has 0 amide bonds. The molecule has 0 bridgehead atoms. The smallest absolute Gasteiger partial charge is 0.0602 e. The number of hydrogen-bond acceptors (Lipinski definition) is 1. The highest BCUT2D eigenvalue weighted by Gasteiger charge is 2.23. The van der Waals surface area contributed by atoms with Crippen molar-refractivity contribution >= 4 is 0 Å². The van der Waals surface area contributed by atoms with Crippen LogP contribution in [-0.4, -0.2) is 31.1 Å². The van der Waals surface area contributed by atoms with E-state index in [1.54, 1.807) is 0 Å². The molecular formula is C19H23N2. The first-order valence-corrected chi connectivity index (χ1v) is 7.74. The number of rotatable bonds is 3. The van der Waals surface area contributed by atoms with Gasteiger partial charge >= 0.3 is 0 Å². The summed E-state index contributed by atoms with van der Waals surface area (Å²) in [5, 5.41) is 4.48. The summed E-state index contributed by atoms with van der Waals surface area (Å²) in [5.74, 6) is 0. The van der Waals surface area contributed by atoms with E-state index in [4.69, 9.17) is 0 Å². The molecule has 1 saturated heterocycles. The third kappa shape index (κ3) is 3.34. The summed E-state index contributed by atoms with van der Waals surface area (Å²) in [6, 6.07) is 18.3. The lowest BCUT2D eigenvalue weighted by Crippen LogP contribution is -2.42. The van der Waals surface area contributed by atoms with E-state index >= 15 is 0 Å². The first-order chi connectivity index (χ1) is 10.2. The molecular weight excluding hydrogens is 256 g/mol. The average Bonchev–Trinajstić information content (AvgIpc) is 2.52. The standard InChI is InChI=1S/C19H23N2/c1-15-3-7-17(8-4-15)19(21-13-11-20-12-14-21)18-9-5-16(2)6-10-18/h3-10,19H,11-14H2,1-2H3. The molecule has 1 radical (unpaired) electrons. The fraction of sp³-hybridized carbons (Fsp3) is 0.368. The fourth-order valence-corrected chi connectivity index (χ4v) is 2.99. The van der Waals surface area contributed by atoms with Gasteiger partial charge in [0.25, 0.3) is 0 Å². The fourth-order valence-electron chi connectivity index (χ4n) is 2.99. The van der Waals surface area contributed by atoms with Crippen molar-refractivity contribution < 1.29 is 0 Å². The van der Waals surface area contributed by atoms with Gasteiger partial charge in [0, 0.05) is 26.2 Å². The summed E-state index contributed by atoms with van der Waals surface area (Å²) in [6.07, 6.45) is 0. The van der Waals surface area contributed by atoms with Crippen LogP contribution in [0.25, 0.3) is 0 Å². The summed E-state index contributed by atoms with van der Waals surface area (Å²) < 4.78 is 0. The lowest BCUT2D eigenvalue weighted by molar-refractivity contribution is 0.196. The molecule has 0 spiro atoms. The Morgan fingerprint density at radius 1 is 0.762 bits per heavy atom. The van der Waals surface area contributed by atoms with Gasteiger partial charge in [-0.25, -0.2) is 5.32 Å². The van der Waals surface area contributed by atoms with Crippen LogP contribution in [-0.2, 0) is 0 Å². The molecule has 2 aromatic rings. The molecule has 2 nitrogen and oxygen atoms in total. The molecule has 0 aromatic heterocycles. The van der Waals surface area contributed by atoms with Crippen LogP contribution in [0.5, 0.6) is 0 Å². The highest BCUT2D eigenvalue weighted by atomic mass is 15.2. The van der Waals surface area contributed by atoms with Crippen LogP contribution in [0.1, 0.15) is 28.3 Å². The quantitative estimate of drug-likeness (QED) is 0.842. The summed E-state index contributed by atoms with van der Waals surface area (Å²) in [6.45, 7) is 8.29. The van der Waals surface area contributed by atoms with E-state index in [0.29, 0.717) is 6.04 Å². The van der Waals surface area contributed by atoms with Gasteiger partial charge in [0.1, 0.15) is 0 Å². The third-order valence-corrected chi connectivity index (χ3v) is 4.24. The molecule has 1 heterocycles. The van der Waals surface area contributed by atoms with Crippen LogP contribution >= 0.6 is 0 Å². The summed E-state index contributed by atoms with van der Waals surface area (Å²) >= 11 is 0. The number of nitrogens with zero attached hydrogens (tertiary/aromatic N) is 2. The van der Waals surface area contributed by atoms with Gasteiger partial charge in [-0.2, -0.15) is 0 Å². The highest BCUT2D eigenvalue weighted by Crippen LogP contribution is 2.29. The largest absolute Gasteiger partial charge is 0.290 e. The normalized spacial score (nSPS) is 16.3. The van der Waals surface area contributed by atoms with Gasteiger partial charge in [-0.3, -0.25) is 4.90 Å². The topological polar surface area (TPSA) is 17.3 Å². The molecule has 109 valence electrons. The van der Waals surface area contributed by atoms with Crippen molar-refractivity contribution in [3.8, 4) is 0 Å². The Bertz CT molecular complexity index is 520. The first-order valence-electron chi connectivity index (χ1n) is 7.74. The molecule has 1 fully saturated rings. The minimum atomic E-state index is 0.349. The van der Waals surface area contributed by atoms with E-state index in [0.717, 1.165) is 26.2 Å². The Morgan fingerprint density at radius 2 is 1.19 bits per heavy atom. The number of aryl methyl sites for hydroxylation is 2. The second-order valence-corrected chi connectivity index (χ2v) is 5.93. The lowest BCUT2D eigenvalue weighted by Gasteiger charge is -2.35. The van der Waals surface area contributed by atoms with E-state index < -0.39 is 0 Å². The van der Waals surface area contributed by atoms with E-state index in [1.807, 2.05) is 0 Å². The molecule has 0 aliphatic carbocycles. The van der Waals surface area contributed by atoms with E-state index in [9.17, 15) is 0 Å². The second kappa shape index (κ2) is 6.42. The summed E-state index contributed by atoms with van der Waals surface area (Å²) in [5.41, 5.74) is 5.39. The van der Waals surface area contributed by atoms with E-state index in [-0.39, 0.29) is 0 Å². The SMILES string of the molecule is Cc1ccc(C(c2ccc(C)cc2)N2CC[N]CC2)cc1. The van der Waals surface area contributed by atoms with Crippen LogP contribution in [0.3, 0.4) is 0 Å². The van der Waals surface area contributed by atoms with Crippen molar-refractivity contribution in [3.05, 3.63) is 70.8 Å². The van der Waals surface area contributed by atoms with E-state index in [1.165, 1.54) is 22.3 Å². The molecule has 1 aliphatic rings. The van der Waals surface area contributed by atoms with Gasteiger partial charge in [0.05, 0.1) is 6.04 Å². The zero-order valence-electron chi connectivity index (χ0n) is 12.9. The Hall–Kier alpha value is -1.64. The summed E-state index contributed by atoms with van der Waals surface area (Å²) in [4.78, 5) is 2.56. The zero-order valence-corrected chi connectivity index (χ0v) is 12.9. The molecule has 2 aromatic carbocycles. The minimum absolute atomic E-state index is 0.349. The van der Waals surface area contributed by atoms with Crippen LogP contribution in [0, 0.1) is 13.8 Å². The molecule has 0 saturated carbocycles. The van der Waals surface area contributed by atoms with Crippen molar-refractivity contribution in [1.82, 2.24) is 10.2 Å². The first kappa shape index (κ1) is 14.3. The van der Waals surface area contributed by atoms with Gasteiger partial charge in [0.15, 0.2) is 0 Å². The molecule has 21 heavy (non-hydrogen) atoms. The monoisotopic (exact) mass is 279 g/mol. The Kier molecular flexibility index (Phi) is 4.37. The Labute approximate surface area is 127 Å². The molecule has 0 unspecified atom stereocenters. The maximum absolute atomic E-state index is 4.48. The highest BCUT2D eigenvalue weighted by molar-refractivity contribution is 5.35. The van der Waals surface area contributed by atoms with Crippen LogP contribution in [0.2, 0.25) is 0 Å². The number of benzene rings is 2. The molecule has 1 aliphatic heterocycles. The lowest BCUT2D eigenvalue weighted by atomic mass is 9.95. The van der Waals surface area contributed by atoms with Crippen molar-refractivity contribution in [2.24, 2.45) is 0 Å². The van der Waals surface area contributed by atoms with Gasteiger partial charge in [-0.15, -0.1) is 0 Å². The number of hydrogen-bond donors (Lipinski definition) is 0. The second-order valence-electron chi connectivity index (χ2n) is 5.93. The summed E-state index contributed by atoms with van der Waals surface area (Å²) in [7, 11) is 0. The third-order valence-electron chi connectivity index (χ3n) is 4.24. The van der Waals surface area contributed by atoms with Crippen molar-refractivity contribution in [3.63, 3.8) is 0 Å². The van der Waals surface area contributed by atoms with Crippen molar-refractivity contribution in [2.45, 2.75) is 19.9 Å². The minimum Gasteiger partial charge on any atom is -0.290 e. The predicted octanol–water partition coefficient (Wildman–Crippen LogP) is 3.31. The zero-order chi connectivity index (χ0) is 14.7. The number of piperazine rings is 1. The molecule has 2 heteroatoms. The maximum Gasteiger partial charge on any atom is 0.0602 e. The average molecular weight is 279 g/mol. The van der Waals surface area contributed by atoms with Gasteiger partial charge in [-0.05, 0) is 25.0 Å². The van der Waals surface area contributed by atoms with Crippen LogP contribution < -0.4 is 5.32 Å². The predicted molar refractivity (Wildman–Crippen MR) is 87.6 cm³/mol. The Morgan fingerprint density at radius 3 is 1.62 bits per heavy atom. The van der Waals surface area contributed by atoms with Crippen LogP contribution in [0.4, 0.5) is 0 Å². The Balaban J connectivity index is 1.97. The van der Waals surface area contributed by atoms with Gasteiger partial charge in [0.2, 0.25) is 0 Å². The maximum atomic E-state index is 4.48. The van der Waals surface area contributed by atoms with Gasteiger partial charge in [-0.1, -0.05) is 59.7 Å². The molecule has 0 N–H and O–H groups in total. The van der Waals surface area contributed by atoms with Crippen molar-refractivity contribution in [1.29, 1.82) is 0 Å². The van der Waals surface area contributed by atoms with E-state index in [2.05, 4.69) is 72.6 Å². The molecule has 3 rings (SSSR count). The molecule has 0 atom stereocenters. The van der Waals surface area contributed by atoms with Gasteiger partial charge < -0.3 is 0 Å². The van der Waals surface area contributed by atoms with Crippen molar-refractivity contribution in [2.75, 3.05) is 26.2 Å².